The molecule has 0 radical (unpaired) electrons. The molecular weight excluding hydrogens is 318 g/mol. The number of anilines is 1. The van der Waals surface area contributed by atoms with Gasteiger partial charge in [0, 0.05) is 19.3 Å². The third-order valence-corrected chi connectivity index (χ3v) is 4.60. The van der Waals surface area contributed by atoms with Crippen molar-refractivity contribution in [3.05, 3.63) is 29.8 Å². The van der Waals surface area contributed by atoms with E-state index in [4.69, 9.17) is 12.2 Å². The number of carbonyl (C=O) groups is 1. The molecule has 0 unspecified atom stereocenters. The molecule has 4 nitrogen and oxygen atoms in total. The van der Waals surface area contributed by atoms with Crippen LogP contribution in [0.4, 0.5) is 5.69 Å². The summed E-state index contributed by atoms with van der Waals surface area (Å²) < 4.78 is 0. The first-order chi connectivity index (χ1) is 11.5. The van der Waals surface area contributed by atoms with E-state index in [-0.39, 0.29) is 12.5 Å². The molecule has 0 spiro atoms. The van der Waals surface area contributed by atoms with Gasteiger partial charge in [0.05, 0.1) is 6.54 Å². The lowest BCUT2D eigenvalue weighted by molar-refractivity contribution is -0.116. The summed E-state index contributed by atoms with van der Waals surface area (Å²) in [5, 5.41) is 6.82. The summed E-state index contributed by atoms with van der Waals surface area (Å²) in [4.78, 5) is 13.9. The zero-order chi connectivity index (χ0) is 17.9. The zero-order valence-corrected chi connectivity index (χ0v) is 16.2. The van der Waals surface area contributed by atoms with Crippen molar-refractivity contribution >= 4 is 28.9 Å². The fraction of sp³-hybridized carbons (Fsp3) is 0.579. The minimum absolute atomic E-state index is 0.0662. The average molecular weight is 350 g/mol. The van der Waals surface area contributed by atoms with Crippen molar-refractivity contribution in [2.24, 2.45) is 5.92 Å². The number of nitrogens with one attached hydrogen (secondary N) is 2. The largest absolute Gasteiger partial charge is 0.362 e. The van der Waals surface area contributed by atoms with Crippen LogP contribution in [0.1, 0.15) is 45.1 Å². The summed E-state index contributed by atoms with van der Waals surface area (Å²) >= 11 is 5.39. The van der Waals surface area contributed by atoms with Gasteiger partial charge in [-0.05, 0) is 43.6 Å². The van der Waals surface area contributed by atoms with Crippen molar-refractivity contribution in [3.63, 3.8) is 0 Å². The maximum absolute atomic E-state index is 12.1. The highest BCUT2D eigenvalue weighted by Crippen LogP contribution is 2.11. The summed E-state index contributed by atoms with van der Waals surface area (Å²) in [5.74, 6) is 0.571. The van der Waals surface area contributed by atoms with Gasteiger partial charge in [0.1, 0.15) is 0 Å². The number of aryl methyl sites for hydroxylation is 1. The van der Waals surface area contributed by atoms with E-state index in [0.717, 1.165) is 18.7 Å². The van der Waals surface area contributed by atoms with Gasteiger partial charge in [0.15, 0.2) is 5.11 Å². The molecule has 2 N–H and O–H groups in total. The summed E-state index contributed by atoms with van der Waals surface area (Å²) in [7, 11) is 1.84. The highest BCUT2D eigenvalue weighted by Gasteiger charge is 2.12. The minimum atomic E-state index is -0.0662. The van der Waals surface area contributed by atoms with Gasteiger partial charge >= 0.3 is 0 Å². The number of unbranched alkanes of at least 4 members (excludes halogenated alkanes) is 1. The number of rotatable bonds is 9. The second-order valence-corrected chi connectivity index (χ2v) is 6.76. The van der Waals surface area contributed by atoms with Crippen LogP contribution in [0, 0.1) is 12.8 Å². The molecule has 0 saturated carbocycles. The lowest BCUT2D eigenvalue weighted by Gasteiger charge is -2.23. The van der Waals surface area contributed by atoms with Crippen LogP contribution in [-0.2, 0) is 4.79 Å². The molecule has 5 heteroatoms. The Morgan fingerprint density at radius 2 is 1.92 bits per heavy atom. The second-order valence-electron chi connectivity index (χ2n) is 6.37. The first-order valence-corrected chi connectivity index (χ1v) is 9.22. The van der Waals surface area contributed by atoms with E-state index < -0.39 is 0 Å². The number of thiocarbonyl (C=S) groups is 1. The molecular formula is C19H31N3OS. The number of benzene rings is 1. The van der Waals surface area contributed by atoms with Gasteiger partial charge in [-0.15, -0.1) is 0 Å². The van der Waals surface area contributed by atoms with Crippen LogP contribution in [0.3, 0.4) is 0 Å². The number of likely N-dealkylation sites (N-methyl/N-ethyl adjacent to an activating group) is 1. The number of hydrogen-bond acceptors (Lipinski definition) is 2. The Bertz CT molecular complexity index is 516. The second kappa shape index (κ2) is 11.0. The highest BCUT2D eigenvalue weighted by atomic mass is 32.1. The molecule has 0 aliphatic carbocycles. The Morgan fingerprint density at radius 3 is 2.50 bits per heavy atom. The van der Waals surface area contributed by atoms with Crippen molar-refractivity contribution in [1.82, 2.24) is 10.2 Å². The van der Waals surface area contributed by atoms with Gasteiger partial charge in [0.2, 0.25) is 5.91 Å². The molecule has 1 aromatic carbocycles. The van der Waals surface area contributed by atoms with E-state index in [9.17, 15) is 4.79 Å². The molecule has 24 heavy (non-hydrogen) atoms. The molecule has 0 aromatic heterocycles. The summed E-state index contributed by atoms with van der Waals surface area (Å²) in [6.07, 6.45) is 4.84. The molecule has 1 rings (SSSR count). The number of nitrogens with zero attached hydrogens (tertiary/aromatic N) is 1. The van der Waals surface area contributed by atoms with E-state index in [1.54, 1.807) is 4.90 Å². The summed E-state index contributed by atoms with van der Waals surface area (Å²) in [6.45, 7) is 7.56. The lowest BCUT2D eigenvalue weighted by Crippen LogP contribution is -2.42. The van der Waals surface area contributed by atoms with Gasteiger partial charge in [0.25, 0.3) is 0 Å². The molecule has 0 bridgehead atoms. The lowest BCUT2D eigenvalue weighted by atomic mass is 9.99. The van der Waals surface area contributed by atoms with Crippen LogP contribution in [0.15, 0.2) is 24.3 Å². The third-order valence-electron chi connectivity index (χ3n) is 4.15. The fourth-order valence-corrected chi connectivity index (χ4v) is 2.58. The van der Waals surface area contributed by atoms with Crippen LogP contribution in [0.2, 0.25) is 0 Å². The van der Waals surface area contributed by atoms with E-state index in [1.807, 2.05) is 38.2 Å². The monoisotopic (exact) mass is 349 g/mol. The maximum atomic E-state index is 12.1. The predicted octanol–water partition coefficient (Wildman–Crippen LogP) is 3.96. The van der Waals surface area contributed by atoms with Gasteiger partial charge in [-0.3, -0.25) is 4.79 Å². The van der Waals surface area contributed by atoms with Gasteiger partial charge in [-0.25, -0.2) is 0 Å². The molecule has 0 saturated heterocycles. The number of carbonyl (C=O) groups excluding carboxylic acids is 1. The van der Waals surface area contributed by atoms with Crippen LogP contribution in [0.25, 0.3) is 0 Å². The quantitative estimate of drug-likeness (QED) is 0.663. The molecule has 1 atom stereocenters. The summed E-state index contributed by atoms with van der Waals surface area (Å²) in [6, 6.07) is 7.77. The minimum Gasteiger partial charge on any atom is -0.362 e. The van der Waals surface area contributed by atoms with Gasteiger partial charge in [-0.2, -0.15) is 0 Å². The Balaban J connectivity index is 2.37. The topological polar surface area (TPSA) is 44.4 Å². The Labute approximate surface area is 152 Å². The fourth-order valence-electron chi connectivity index (χ4n) is 2.43. The Morgan fingerprint density at radius 1 is 1.25 bits per heavy atom. The van der Waals surface area contributed by atoms with Crippen LogP contribution in [-0.4, -0.2) is 36.1 Å². The van der Waals surface area contributed by atoms with E-state index in [2.05, 4.69) is 24.5 Å². The maximum Gasteiger partial charge on any atom is 0.243 e. The van der Waals surface area contributed by atoms with Crippen molar-refractivity contribution < 1.29 is 4.79 Å². The predicted molar refractivity (Wildman–Crippen MR) is 106 cm³/mol. The standard InChI is InChI=1S/C19H31N3OS/c1-5-7-8-16(6-2)13-20-19(24)22(4)14-18(23)21-17-11-9-15(3)10-12-17/h9-12,16H,5-8,13-14H2,1-4H3,(H,20,24)(H,21,23)/t16-/m0/s1. The zero-order valence-electron chi connectivity index (χ0n) is 15.4. The Hall–Kier alpha value is -1.62. The molecule has 0 aliphatic heterocycles. The average Bonchev–Trinajstić information content (AvgIpc) is 2.56. The Kier molecular flexibility index (Phi) is 9.38. The van der Waals surface area contributed by atoms with Gasteiger partial charge < -0.3 is 15.5 Å². The smallest absolute Gasteiger partial charge is 0.243 e. The van der Waals surface area contributed by atoms with E-state index in [1.165, 1.54) is 24.8 Å². The van der Waals surface area contributed by atoms with Crippen molar-refractivity contribution in [2.75, 3.05) is 25.5 Å². The third kappa shape index (κ3) is 7.77. The normalized spacial score (nSPS) is 11.7. The number of hydrogen-bond donors (Lipinski definition) is 2. The van der Waals surface area contributed by atoms with Crippen molar-refractivity contribution in [3.8, 4) is 0 Å². The summed E-state index contributed by atoms with van der Waals surface area (Å²) in [5.41, 5.74) is 1.98. The molecule has 0 fully saturated rings. The molecule has 0 aliphatic rings. The van der Waals surface area contributed by atoms with Crippen molar-refractivity contribution in [2.45, 2.75) is 46.5 Å². The first-order valence-electron chi connectivity index (χ1n) is 8.81. The molecule has 1 aromatic rings. The van der Waals surface area contributed by atoms with Crippen LogP contribution < -0.4 is 10.6 Å². The molecule has 0 heterocycles. The molecule has 1 amide bonds. The highest BCUT2D eigenvalue weighted by molar-refractivity contribution is 7.80. The SMILES string of the molecule is CCCC[C@H](CC)CNC(=S)N(C)CC(=O)Nc1ccc(C)cc1. The van der Waals surface area contributed by atoms with Crippen molar-refractivity contribution in [1.29, 1.82) is 0 Å². The van der Waals surface area contributed by atoms with Gasteiger partial charge in [-0.1, -0.05) is 50.8 Å². The first kappa shape index (κ1) is 20.4. The van der Waals surface area contributed by atoms with Crippen LogP contribution in [0.5, 0.6) is 0 Å². The molecule has 134 valence electrons. The van der Waals surface area contributed by atoms with E-state index in [0.29, 0.717) is 11.0 Å². The number of amides is 1. The van der Waals surface area contributed by atoms with Crippen LogP contribution >= 0.6 is 12.2 Å². The van der Waals surface area contributed by atoms with E-state index >= 15 is 0 Å².